The molecule has 6 nitrogen and oxygen atoms in total. The Kier molecular flexibility index (Phi) is 3.60. The predicted molar refractivity (Wildman–Crippen MR) is 74.8 cm³/mol. The van der Waals surface area contributed by atoms with Crippen molar-refractivity contribution in [2.45, 2.75) is 51.1 Å². The molecule has 1 atom stereocenters. The molecule has 2 heterocycles. The van der Waals surface area contributed by atoms with E-state index in [1.165, 1.54) is 4.90 Å². The van der Waals surface area contributed by atoms with Crippen molar-refractivity contribution in [2.75, 3.05) is 18.1 Å². The maximum Gasteiger partial charge on any atom is 0.249 e. The van der Waals surface area contributed by atoms with E-state index in [0.29, 0.717) is 19.3 Å². The summed E-state index contributed by atoms with van der Waals surface area (Å²) in [6.07, 6.45) is 1.42. The second kappa shape index (κ2) is 4.72. The van der Waals surface area contributed by atoms with E-state index in [1.807, 2.05) is 13.8 Å². The molecule has 0 aromatic rings. The molecule has 0 aromatic carbocycles. The van der Waals surface area contributed by atoms with Gasteiger partial charge in [-0.1, -0.05) is 13.8 Å². The van der Waals surface area contributed by atoms with Gasteiger partial charge >= 0.3 is 0 Å². The number of piperazine rings is 1. The number of rotatable bonds is 3. The van der Waals surface area contributed by atoms with Crippen molar-refractivity contribution in [3.8, 4) is 0 Å². The van der Waals surface area contributed by atoms with Gasteiger partial charge in [0.15, 0.2) is 9.84 Å². The first-order valence-electron chi connectivity index (χ1n) is 7.01. The molecule has 2 saturated heterocycles. The van der Waals surface area contributed by atoms with Crippen LogP contribution in [0.2, 0.25) is 0 Å². The van der Waals surface area contributed by atoms with Crippen LogP contribution in [0.25, 0.3) is 0 Å². The summed E-state index contributed by atoms with van der Waals surface area (Å²) in [7, 11) is -3.12. The molecule has 2 aliphatic rings. The highest BCUT2D eigenvalue weighted by atomic mass is 32.2. The minimum Gasteiger partial charge on any atom is -0.340 e. The summed E-state index contributed by atoms with van der Waals surface area (Å²) in [5.74, 6) is -0.330. The van der Waals surface area contributed by atoms with Crippen LogP contribution in [0.1, 0.15) is 40.0 Å². The Morgan fingerprint density at radius 1 is 1.25 bits per heavy atom. The van der Waals surface area contributed by atoms with Crippen LogP contribution in [0.5, 0.6) is 0 Å². The van der Waals surface area contributed by atoms with E-state index in [2.05, 4.69) is 5.32 Å². The van der Waals surface area contributed by atoms with Gasteiger partial charge in [0.1, 0.15) is 12.1 Å². The molecule has 0 radical (unpaired) electrons. The summed E-state index contributed by atoms with van der Waals surface area (Å²) >= 11 is 0. The van der Waals surface area contributed by atoms with Gasteiger partial charge in [-0.2, -0.15) is 0 Å². The van der Waals surface area contributed by atoms with E-state index >= 15 is 0 Å². The number of sulfone groups is 1. The van der Waals surface area contributed by atoms with Gasteiger partial charge < -0.3 is 10.2 Å². The molecular weight excluding hydrogens is 280 g/mol. The van der Waals surface area contributed by atoms with Gasteiger partial charge in [0.05, 0.1) is 17.0 Å². The van der Waals surface area contributed by atoms with Crippen molar-refractivity contribution in [3.63, 3.8) is 0 Å². The standard InChI is InChI=1S/C13H22N2O4S/c1-4-13(5-2)11(17)15(8-10(16)14-13)12(3)6-7-20(18,19)9-12/h4-9H2,1-3H3,(H,14,16). The minimum absolute atomic E-state index is 0.0490. The van der Waals surface area contributed by atoms with E-state index in [-0.39, 0.29) is 29.9 Å². The van der Waals surface area contributed by atoms with Gasteiger partial charge in [-0.05, 0) is 26.2 Å². The smallest absolute Gasteiger partial charge is 0.249 e. The Morgan fingerprint density at radius 2 is 1.85 bits per heavy atom. The number of hydrogen-bond acceptors (Lipinski definition) is 4. The molecule has 114 valence electrons. The first kappa shape index (κ1) is 15.3. The molecule has 2 rings (SSSR count). The Hall–Kier alpha value is -1.11. The lowest BCUT2D eigenvalue weighted by Crippen LogP contribution is -2.70. The highest BCUT2D eigenvalue weighted by Gasteiger charge is 2.52. The first-order chi connectivity index (χ1) is 9.18. The number of amides is 2. The SMILES string of the molecule is CCC1(CC)NC(=O)CN(C2(C)CCS(=O)(=O)C2)C1=O. The lowest BCUT2D eigenvalue weighted by molar-refractivity contribution is -0.155. The summed E-state index contributed by atoms with van der Waals surface area (Å²) in [5.41, 5.74) is -1.64. The molecule has 1 N–H and O–H groups in total. The monoisotopic (exact) mass is 302 g/mol. The van der Waals surface area contributed by atoms with Crippen LogP contribution in [0, 0.1) is 0 Å². The zero-order chi connectivity index (χ0) is 15.2. The zero-order valence-corrected chi connectivity index (χ0v) is 13.0. The molecule has 0 aromatic heterocycles. The molecule has 20 heavy (non-hydrogen) atoms. The van der Waals surface area contributed by atoms with Crippen LogP contribution >= 0.6 is 0 Å². The Balaban J connectivity index is 2.37. The number of nitrogens with one attached hydrogen (secondary N) is 1. The second-order valence-corrected chi connectivity index (χ2v) is 8.25. The summed E-state index contributed by atoms with van der Waals surface area (Å²) in [4.78, 5) is 26.2. The van der Waals surface area contributed by atoms with Crippen LogP contribution < -0.4 is 5.32 Å². The van der Waals surface area contributed by atoms with Crippen molar-refractivity contribution >= 4 is 21.7 Å². The Bertz CT molecular complexity index is 539. The van der Waals surface area contributed by atoms with Gasteiger partial charge in [0.2, 0.25) is 11.8 Å². The molecule has 2 fully saturated rings. The fraction of sp³-hybridized carbons (Fsp3) is 0.846. The molecule has 2 amide bonds. The third-order valence-electron chi connectivity index (χ3n) is 4.68. The van der Waals surface area contributed by atoms with Crippen LogP contribution in [-0.4, -0.2) is 54.3 Å². The van der Waals surface area contributed by atoms with E-state index in [0.717, 1.165) is 0 Å². The normalized spacial score (nSPS) is 32.2. The van der Waals surface area contributed by atoms with Crippen LogP contribution in [0.3, 0.4) is 0 Å². The molecule has 0 spiro atoms. The fourth-order valence-electron chi connectivity index (χ4n) is 3.21. The molecule has 7 heteroatoms. The van der Waals surface area contributed by atoms with Crippen LogP contribution in [0.4, 0.5) is 0 Å². The molecule has 0 saturated carbocycles. The van der Waals surface area contributed by atoms with Gasteiger partial charge in [-0.3, -0.25) is 9.59 Å². The van der Waals surface area contributed by atoms with E-state index in [4.69, 9.17) is 0 Å². The lowest BCUT2D eigenvalue weighted by atomic mass is 9.85. The summed E-state index contributed by atoms with van der Waals surface area (Å²) in [5, 5.41) is 2.79. The molecular formula is C13H22N2O4S. The van der Waals surface area contributed by atoms with Crippen molar-refractivity contribution in [1.29, 1.82) is 0 Å². The van der Waals surface area contributed by atoms with Crippen molar-refractivity contribution in [3.05, 3.63) is 0 Å². The highest BCUT2D eigenvalue weighted by Crippen LogP contribution is 2.34. The molecule has 0 aliphatic carbocycles. The number of carbonyl (C=O) groups excluding carboxylic acids is 2. The summed E-state index contributed by atoms with van der Waals surface area (Å²) in [6.45, 7) is 5.44. The molecule has 2 aliphatic heterocycles. The Labute approximate surface area is 119 Å². The largest absolute Gasteiger partial charge is 0.340 e. The quantitative estimate of drug-likeness (QED) is 0.800. The van der Waals surface area contributed by atoms with E-state index in [9.17, 15) is 18.0 Å². The van der Waals surface area contributed by atoms with E-state index < -0.39 is 20.9 Å². The summed E-state index contributed by atoms with van der Waals surface area (Å²) in [6, 6.07) is 0. The summed E-state index contributed by atoms with van der Waals surface area (Å²) < 4.78 is 23.5. The van der Waals surface area contributed by atoms with Gasteiger partial charge in [-0.15, -0.1) is 0 Å². The number of carbonyl (C=O) groups is 2. The van der Waals surface area contributed by atoms with Crippen molar-refractivity contribution < 1.29 is 18.0 Å². The van der Waals surface area contributed by atoms with Gasteiger partial charge in [0, 0.05) is 0 Å². The molecule has 1 unspecified atom stereocenters. The third-order valence-corrected chi connectivity index (χ3v) is 6.56. The average Bonchev–Trinajstić information content (AvgIpc) is 2.67. The Morgan fingerprint density at radius 3 is 2.30 bits per heavy atom. The van der Waals surface area contributed by atoms with E-state index in [1.54, 1.807) is 6.92 Å². The maximum absolute atomic E-state index is 12.8. The van der Waals surface area contributed by atoms with Crippen LogP contribution in [0.15, 0.2) is 0 Å². The highest BCUT2D eigenvalue weighted by molar-refractivity contribution is 7.91. The number of hydrogen-bond donors (Lipinski definition) is 1. The van der Waals surface area contributed by atoms with Gasteiger partial charge in [-0.25, -0.2) is 8.42 Å². The van der Waals surface area contributed by atoms with Crippen LogP contribution in [-0.2, 0) is 19.4 Å². The fourth-order valence-corrected chi connectivity index (χ4v) is 5.35. The minimum atomic E-state index is -3.12. The third kappa shape index (κ3) is 2.32. The van der Waals surface area contributed by atoms with Crippen molar-refractivity contribution in [1.82, 2.24) is 10.2 Å². The van der Waals surface area contributed by atoms with Gasteiger partial charge in [0.25, 0.3) is 0 Å². The number of nitrogens with zero attached hydrogens (tertiary/aromatic N) is 1. The predicted octanol–water partition coefficient (Wildman–Crippen LogP) is 0.0808. The lowest BCUT2D eigenvalue weighted by Gasteiger charge is -2.47. The van der Waals surface area contributed by atoms with Crippen molar-refractivity contribution in [2.24, 2.45) is 0 Å². The maximum atomic E-state index is 12.8. The topological polar surface area (TPSA) is 83.6 Å². The molecule has 0 bridgehead atoms. The second-order valence-electron chi connectivity index (χ2n) is 6.07. The average molecular weight is 302 g/mol. The first-order valence-corrected chi connectivity index (χ1v) is 8.84. The zero-order valence-electron chi connectivity index (χ0n) is 12.2.